The molecule has 0 fully saturated rings. The Kier molecular flexibility index (Phi) is 5.48. The number of carbonyl (C=O) groups excluding carboxylic acids is 1. The van der Waals surface area contributed by atoms with Gasteiger partial charge in [0.25, 0.3) is 5.91 Å². The van der Waals surface area contributed by atoms with E-state index in [0.29, 0.717) is 12.1 Å². The lowest BCUT2D eigenvalue weighted by atomic mass is 10.1. The van der Waals surface area contributed by atoms with Crippen LogP contribution in [0, 0.1) is 0 Å². The van der Waals surface area contributed by atoms with Crippen LogP contribution < -0.4 is 10.6 Å². The highest BCUT2D eigenvalue weighted by atomic mass is 35.5. The SMILES string of the molecule is O=C(Nc1cn(Cc2ccc(Cl)c(C(F)(F)F)c2)cn1)c1ccc2c(n1)CNCC2. The summed E-state index contributed by atoms with van der Waals surface area (Å²) in [6, 6.07) is 7.31. The molecule has 2 aromatic heterocycles. The van der Waals surface area contributed by atoms with E-state index in [2.05, 4.69) is 20.6 Å². The van der Waals surface area contributed by atoms with Crippen LogP contribution in [0.5, 0.6) is 0 Å². The Hall–Kier alpha value is -2.91. The molecule has 30 heavy (non-hydrogen) atoms. The van der Waals surface area contributed by atoms with Crippen molar-refractivity contribution in [2.75, 3.05) is 11.9 Å². The van der Waals surface area contributed by atoms with E-state index in [-0.39, 0.29) is 23.1 Å². The van der Waals surface area contributed by atoms with Gasteiger partial charge in [0, 0.05) is 19.3 Å². The van der Waals surface area contributed by atoms with Gasteiger partial charge in [-0.15, -0.1) is 0 Å². The summed E-state index contributed by atoms with van der Waals surface area (Å²) in [5.74, 6) is -0.123. The van der Waals surface area contributed by atoms with E-state index in [1.54, 1.807) is 16.8 Å². The first-order valence-corrected chi connectivity index (χ1v) is 9.55. The number of nitrogens with one attached hydrogen (secondary N) is 2. The Morgan fingerprint density at radius 3 is 2.90 bits per heavy atom. The molecule has 3 heterocycles. The Bertz CT molecular complexity index is 1100. The molecule has 0 aliphatic carbocycles. The maximum atomic E-state index is 13.0. The molecule has 4 rings (SSSR count). The van der Waals surface area contributed by atoms with Crippen LogP contribution in [0.1, 0.15) is 32.9 Å². The molecule has 0 saturated carbocycles. The van der Waals surface area contributed by atoms with Gasteiger partial charge >= 0.3 is 6.18 Å². The quantitative estimate of drug-likeness (QED) is 0.652. The minimum Gasteiger partial charge on any atom is -0.331 e. The van der Waals surface area contributed by atoms with Crippen molar-refractivity contribution >= 4 is 23.3 Å². The van der Waals surface area contributed by atoms with Crippen LogP contribution in [0.15, 0.2) is 42.9 Å². The molecular formula is C20H17ClF3N5O. The van der Waals surface area contributed by atoms with Crippen LogP contribution in [0.3, 0.4) is 0 Å². The van der Waals surface area contributed by atoms with Gasteiger partial charge in [0.15, 0.2) is 5.82 Å². The molecule has 1 aromatic carbocycles. The second-order valence-corrected chi connectivity index (χ2v) is 7.33. The molecule has 0 spiro atoms. The molecule has 0 saturated heterocycles. The van der Waals surface area contributed by atoms with E-state index >= 15 is 0 Å². The van der Waals surface area contributed by atoms with Crippen molar-refractivity contribution in [1.29, 1.82) is 0 Å². The lowest BCUT2D eigenvalue weighted by molar-refractivity contribution is -0.137. The molecule has 0 unspecified atom stereocenters. The number of benzene rings is 1. The molecule has 1 aliphatic heterocycles. The summed E-state index contributed by atoms with van der Waals surface area (Å²) in [7, 11) is 0. The average molecular weight is 436 g/mol. The number of hydrogen-bond donors (Lipinski definition) is 2. The number of hydrogen-bond acceptors (Lipinski definition) is 4. The normalized spacial score (nSPS) is 13.7. The summed E-state index contributed by atoms with van der Waals surface area (Å²) in [5.41, 5.74) is 1.77. The molecule has 0 bridgehead atoms. The molecule has 156 valence electrons. The number of rotatable bonds is 4. The van der Waals surface area contributed by atoms with E-state index < -0.39 is 17.6 Å². The predicted octanol–water partition coefficient (Wildman–Crippen LogP) is 3.90. The van der Waals surface area contributed by atoms with E-state index in [9.17, 15) is 18.0 Å². The van der Waals surface area contributed by atoms with Gasteiger partial charge in [-0.2, -0.15) is 13.2 Å². The van der Waals surface area contributed by atoms with E-state index in [1.165, 1.54) is 18.5 Å². The van der Waals surface area contributed by atoms with Gasteiger partial charge < -0.3 is 15.2 Å². The third-order valence-corrected chi connectivity index (χ3v) is 5.07. The van der Waals surface area contributed by atoms with E-state index in [4.69, 9.17) is 11.6 Å². The second kappa shape index (κ2) is 8.08. The zero-order valence-electron chi connectivity index (χ0n) is 15.6. The number of halogens is 4. The highest BCUT2D eigenvalue weighted by Gasteiger charge is 2.33. The number of anilines is 1. The van der Waals surface area contributed by atoms with Gasteiger partial charge in [0.05, 0.1) is 22.6 Å². The first-order chi connectivity index (χ1) is 14.3. The van der Waals surface area contributed by atoms with Crippen LogP contribution in [0.4, 0.5) is 19.0 Å². The van der Waals surface area contributed by atoms with Crippen molar-refractivity contribution in [3.63, 3.8) is 0 Å². The molecule has 1 amide bonds. The van der Waals surface area contributed by atoms with Crippen LogP contribution in [-0.2, 0) is 25.7 Å². The molecular weight excluding hydrogens is 419 g/mol. The average Bonchev–Trinajstić information content (AvgIpc) is 3.15. The van der Waals surface area contributed by atoms with Crippen LogP contribution in [-0.4, -0.2) is 27.0 Å². The Morgan fingerprint density at radius 1 is 1.27 bits per heavy atom. The van der Waals surface area contributed by atoms with Crippen molar-refractivity contribution in [2.24, 2.45) is 0 Å². The minimum atomic E-state index is -4.53. The molecule has 6 nitrogen and oxygen atoms in total. The first-order valence-electron chi connectivity index (χ1n) is 9.18. The van der Waals surface area contributed by atoms with Gasteiger partial charge in [0.1, 0.15) is 5.69 Å². The predicted molar refractivity (Wildman–Crippen MR) is 105 cm³/mol. The van der Waals surface area contributed by atoms with Crippen molar-refractivity contribution in [1.82, 2.24) is 19.9 Å². The maximum Gasteiger partial charge on any atom is 0.417 e. The highest BCUT2D eigenvalue weighted by Crippen LogP contribution is 2.35. The molecule has 0 radical (unpaired) electrons. The summed E-state index contributed by atoms with van der Waals surface area (Å²) in [4.78, 5) is 21.0. The monoisotopic (exact) mass is 435 g/mol. The summed E-state index contributed by atoms with van der Waals surface area (Å²) in [6.07, 6.45) is -0.685. The first kappa shape index (κ1) is 20.4. The number of imidazole rings is 1. The molecule has 10 heteroatoms. The largest absolute Gasteiger partial charge is 0.417 e. The van der Waals surface area contributed by atoms with E-state index in [0.717, 1.165) is 30.3 Å². The van der Waals surface area contributed by atoms with Crippen molar-refractivity contribution < 1.29 is 18.0 Å². The smallest absolute Gasteiger partial charge is 0.331 e. The standard InChI is InChI=1S/C20H17ClF3N5O/c21-15-3-1-12(7-14(15)20(22,23)24)9-29-10-18(26-11-29)28-19(30)16-4-2-13-5-6-25-8-17(13)27-16/h1-4,7,10-11,25H,5-6,8-9H2,(H,28,30). The summed E-state index contributed by atoms with van der Waals surface area (Å²) in [6.45, 7) is 1.65. The molecule has 0 atom stereocenters. The van der Waals surface area contributed by atoms with Gasteiger partial charge in [-0.1, -0.05) is 23.7 Å². The Balaban J connectivity index is 1.45. The zero-order chi connectivity index (χ0) is 21.3. The van der Waals surface area contributed by atoms with Gasteiger partial charge in [-0.05, 0) is 42.3 Å². The van der Waals surface area contributed by atoms with E-state index in [1.807, 2.05) is 6.07 Å². The summed E-state index contributed by atoms with van der Waals surface area (Å²) in [5, 5.41) is 5.52. The molecule has 2 N–H and O–H groups in total. The Labute approximate surface area is 175 Å². The van der Waals surface area contributed by atoms with Crippen LogP contribution in [0.2, 0.25) is 5.02 Å². The second-order valence-electron chi connectivity index (χ2n) is 6.93. The third kappa shape index (κ3) is 4.47. The fraction of sp³-hybridized carbons (Fsp3) is 0.250. The Morgan fingerprint density at radius 2 is 2.10 bits per heavy atom. The number of carbonyl (C=O) groups is 1. The molecule has 1 aliphatic rings. The lowest BCUT2D eigenvalue weighted by Gasteiger charge is -2.16. The summed E-state index contributed by atoms with van der Waals surface area (Å²) < 4.78 is 40.6. The minimum absolute atomic E-state index is 0.145. The van der Waals surface area contributed by atoms with Gasteiger partial charge in [-0.3, -0.25) is 4.79 Å². The number of aromatic nitrogens is 3. The topological polar surface area (TPSA) is 71.8 Å². The van der Waals surface area contributed by atoms with Gasteiger partial charge in [-0.25, -0.2) is 9.97 Å². The summed E-state index contributed by atoms with van der Waals surface area (Å²) >= 11 is 5.65. The lowest BCUT2D eigenvalue weighted by Crippen LogP contribution is -2.26. The maximum absolute atomic E-state index is 13.0. The zero-order valence-corrected chi connectivity index (χ0v) is 16.4. The molecule has 3 aromatic rings. The van der Waals surface area contributed by atoms with Crippen molar-refractivity contribution in [3.05, 3.63) is 76.0 Å². The fourth-order valence-corrected chi connectivity index (χ4v) is 3.48. The number of alkyl halides is 3. The number of amides is 1. The third-order valence-electron chi connectivity index (χ3n) is 4.74. The highest BCUT2D eigenvalue weighted by molar-refractivity contribution is 6.31. The van der Waals surface area contributed by atoms with Crippen LogP contribution >= 0.6 is 11.6 Å². The number of pyridine rings is 1. The van der Waals surface area contributed by atoms with Crippen molar-refractivity contribution in [3.8, 4) is 0 Å². The number of nitrogens with zero attached hydrogens (tertiary/aromatic N) is 3. The van der Waals surface area contributed by atoms with Gasteiger partial charge in [0.2, 0.25) is 0 Å². The number of fused-ring (bicyclic) bond motifs is 1. The van der Waals surface area contributed by atoms with Crippen LogP contribution in [0.25, 0.3) is 0 Å². The fourth-order valence-electron chi connectivity index (χ4n) is 3.26. The van der Waals surface area contributed by atoms with Crippen molar-refractivity contribution in [2.45, 2.75) is 25.7 Å².